The van der Waals surface area contributed by atoms with E-state index in [2.05, 4.69) is 85.7 Å². The predicted octanol–water partition coefficient (Wildman–Crippen LogP) is 10.6. The molecule has 4 aliphatic carbocycles. The van der Waals surface area contributed by atoms with E-state index in [4.69, 9.17) is 0 Å². The molecule has 1 aromatic rings. The minimum atomic E-state index is 0.347. The first-order valence-corrected chi connectivity index (χ1v) is 16.0. The lowest BCUT2D eigenvalue weighted by molar-refractivity contribution is 0.000469. The van der Waals surface area contributed by atoms with Crippen LogP contribution in [0.5, 0.6) is 0 Å². The lowest BCUT2D eigenvalue weighted by atomic mass is 9.49. The molecular weight excluding hydrogens is 432 g/mol. The Hall–Kier alpha value is -0.780. The molecule has 0 nitrogen and oxygen atoms in total. The fourth-order valence-corrected chi connectivity index (χ4v) is 11.0. The van der Waals surface area contributed by atoms with Gasteiger partial charge < -0.3 is 0 Å². The number of rotatable bonds is 4. The van der Waals surface area contributed by atoms with Gasteiger partial charge in [-0.2, -0.15) is 0 Å². The lowest BCUT2D eigenvalue weighted by Gasteiger charge is -2.55. The molecule has 4 fully saturated rings. The summed E-state index contributed by atoms with van der Waals surface area (Å²) in [6, 6.07) is 12.1. The van der Waals surface area contributed by atoms with Crippen LogP contribution in [0.2, 0.25) is 0 Å². The fourth-order valence-electron chi connectivity index (χ4n) is 11.0. The highest BCUT2D eigenvalue weighted by Crippen LogP contribution is 2.69. The number of fused-ring (bicyclic) bond motifs is 3. The molecule has 0 radical (unpaired) electrons. The molecule has 7 unspecified atom stereocenters. The average molecular weight is 491 g/mol. The largest absolute Gasteiger partial charge is 0.0622 e. The molecule has 0 aliphatic heterocycles. The van der Waals surface area contributed by atoms with Crippen molar-refractivity contribution in [2.45, 2.75) is 125 Å². The van der Waals surface area contributed by atoms with Crippen LogP contribution in [0.25, 0.3) is 0 Å². The van der Waals surface area contributed by atoms with Gasteiger partial charge in [0.05, 0.1) is 0 Å². The van der Waals surface area contributed by atoms with E-state index in [0.717, 1.165) is 47.3 Å². The second-order valence-electron chi connectivity index (χ2n) is 16.4. The highest BCUT2D eigenvalue weighted by Gasteiger charge is 2.63. The maximum absolute atomic E-state index is 2.63. The second kappa shape index (κ2) is 9.75. The van der Waals surface area contributed by atoms with Crippen molar-refractivity contribution in [2.75, 3.05) is 0 Å². The van der Waals surface area contributed by atoms with Crippen molar-refractivity contribution in [2.24, 2.45) is 64.1 Å². The minimum absolute atomic E-state index is 0.347. The standard InChI is InChI=1S/C36H58/c1-24(2)36(26-16-12-13-17-26,25-14-10-9-11-15-25)33-31-22-27(34(3,4)5)18-20-29(31)30-21-19-28(23-32(30)33)35(6,7)8/h9-11,14-15,24,26-33H,12-13,16-23H2,1-8H3. The zero-order valence-corrected chi connectivity index (χ0v) is 25.2. The number of hydrogen-bond donors (Lipinski definition) is 0. The summed E-state index contributed by atoms with van der Waals surface area (Å²) in [5.41, 5.74) is 2.95. The zero-order valence-electron chi connectivity index (χ0n) is 25.2. The first-order valence-electron chi connectivity index (χ1n) is 16.0. The van der Waals surface area contributed by atoms with Crippen LogP contribution in [-0.4, -0.2) is 0 Å². The van der Waals surface area contributed by atoms with Crippen LogP contribution in [0, 0.1) is 64.1 Å². The van der Waals surface area contributed by atoms with Gasteiger partial charge in [-0.3, -0.25) is 0 Å². The Kier molecular flexibility index (Phi) is 7.27. The van der Waals surface area contributed by atoms with Crippen LogP contribution in [0.4, 0.5) is 0 Å². The van der Waals surface area contributed by atoms with E-state index in [9.17, 15) is 0 Å². The Morgan fingerprint density at radius 2 is 1.06 bits per heavy atom. The summed E-state index contributed by atoms with van der Waals surface area (Å²) < 4.78 is 0. The molecule has 0 saturated heterocycles. The van der Waals surface area contributed by atoms with Gasteiger partial charge in [-0.25, -0.2) is 0 Å². The molecule has 1 aromatic carbocycles. The molecule has 5 rings (SSSR count). The Balaban J connectivity index is 1.67. The van der Waals surface area contributed by atoms with Crippen LogP contribution in [0.1, 0.15) is 125 Å². The van der Waals surface area contributed by atoms with Gasteiger partial charge in [0, 0.05) is 5.41 Å². The van der Waals surface area contributed by atoms with E-state index in [1.165, 1.54) is 64.2 Å². The minimum Gasteiger partial charge on any atom is -0.0622 e. The molecule has 0 amide bonds. The van der Waals surface area contributed by atoms with Crippen LogP contribution >= 0.6 is 0 Å². The third-order valence-corrected chi connectivity index (χ3v) is 12.6. The quantitative estimate of drug-likeness (QED) is 0.393. The molecule has 7 atom stereocenters. The molecule has 4 saturated carbocycles. The first kappa shape index (κ1) is 26.8. The first-order chi connectivity index (χ1) is 17.0. The van der Waals surface area contributed by atoms with Crippen LogP contribution in [0.3, 0.4) is 0 Å². The molecule has 0 aromatic heterocycles. The Morgan fingerprint density at radius 1 is 0.583 bits per heavy atom. The van der Waals surface area contributed by atoms with Crippen molar-refractivity contribution in [3.05, 3.63) is 35.9 Å². The van der Waals surface area contributed by atoms with Crippen molar-refractivity contribution < 1.29 is 0 Å². The normalized spacial score (nSPS) is 37.5. The van der Waals surface area contributed by atoms with Crippen molar-refractivity contribution in [1.82, 2.24) is 0 Å². The summed E-state index contributed by atoms with van der Waals surface area (Å²) >= 11 is 0. The highest BCUT2D eigenvalue weighted by atomic mass is 14.7. The number of benzene rings is 1. The smallest absolute Gasteiger partial charge is 0.00379 e. The lowest BCUT2D eigenvalue weighted by Crippen LogP contribution is -2.51. The van der Waals surface area contributed by atoms with E-state index < -0.39 is 0 Å². The monoisotopic (exact) mass is 490 g/mol. The van der Waals surface area contributed by atoms with Gasteiger partial charge in [0.1, 0.15) is 0 Å². The molecular formula is C36H58. The SMILES string of the molecule is CC(C)C(c1ccccc1)(C1CCCC1)C1C2CC(C(C)(C)C)CCC2C2CCC(C(C)(C)C)CC21. The molecule has 4 aliphatic rings. The summed E-state index contributed by atoms with van der Waals surface area (Å²) in [6.07, 6.45) is 14.8. The Labute approximate surface area is 224 Å². The predicted molar refractivity (Wildman–Crippen MR) is 156 cm³/mol. The summed E-state index contributed by atoms with van der Waals surface area (Å²) in [7, 11) is 0. The van der Waals surface area contributed by atoms with Gasteiger partial charge in [-0.05, 0) is 121 Å². The highest BCUT2D eigenvalue weighted by molar-refractivity contribution is 5.32. The van der Waals surface area contributed by atoms with Crippen LogP contribution in [-0.2, 0) is 5.41 Å². The third kappa shape index (κ3) is 4.43. The van der Waals surface area contributed by atoms with Gasteiger partial charge in [-0.15, -0.1) is 0 Å². The summed E-state index contributed by atoms with van der Waals surface area (Å²) in [6.45, 7) is 20.5. The maximum atomic E-state index is 2.63. The van der Waals surface area contributed by atoms with E-state index >= 15 is 0 Å². The van der Waals surface area contributed by atoms with Gasteiger partial charge >= 0.3 is 0 Å². The molecule has 0 bridgehead atoms. The number of hydrogen-bond acceptors (Lipinski definition) is 0. The summed E-state index contributed by atoms with van der Waals surface area (Å²) in [5.74, 6) is 8.07. The fraction of sp³-hybridized carbons (Fsp3) is 0.833. The van der Waals surface area contributed by atoms with E-state index in [-0.39, 0.29) is 0 Å². The van der Waals surface area contributed by atoms with Crippen molar-refractivity contribution in [3.8, 4) is 0 Å². The van der Waals surface area contributed by atoms with Crippen molar-refractivity contribution in [3.63, 3.8) is 0 Å². The topological polar surface area (TPSA) is 0 Å². The Morgan fingerprint density at radius 3 is 1.47 bits per heavy atom. The molecule has 0 heteroatoms. The average Bonchev–Trinajstić information content (AvgIpc) is 3.46. The molecule has 202 valence electrons. The van der Waals surface area contributed by atoms with E-state index in [1.807, 2.05) is 0 Å². The molecule has 36 heavy (non-hydrogen) atoms. The van der Waals surface area contributed by atoms with Gasteiger partial charge in [-0.1, -0.05) is 98.6 Å². The van der Waals surface area contributed by atoms with E-state index in [1.54, 1.807) is 5.56 Å². The third-order valence-electron chi connectivity index (χ3n) is 12.6. The van der Waals surface area contributed by atoms with Gasteiger partial charge in [0.15, 0.2) is 0 Å². The van der Waals surface area contributed by atoms with Gasteiger partial charge in [0.25, 0.3) is 0 Å². The van der Waals surface area contributed by atoms with E-state index in [0.29, 0.717) is 22.2 Å². The molecule has 0 heterocycles. The second-order valence-corrected chi connectivity index (χ2v) is 16.4. The Bertz CT molecular complexity index is 822. The van der Waals surface area contributed by atoms with Crippen molar-refractivity contribution in [1.29, 1.82) is 0 Å². The summed E-state index contributed by atoms with van der Waals surface area (Å²) in [5, 5.41) is 0. The maximum Gasteiger partial charge on any atom is 0.00379 e. The molecule has 0 spiro atoms. The van der Waals surface area contributed by atoms with Crippen molar-refractivity contribution >= 4 is 0 Å². The summed E-state index contributed by atoms with van der Waals surface area (Å²) in [4.78, 5) is 0. The molecule has 0 N–H and O–H groups in total. The van der Waals surface area contributed by atoms with Gasteiger partial charge in [0.2, 0.25) is 0 Å². The van der Waals surface area contributed by atoms with Crippen LogP contribution < -0.4 is 0 Å². The van der Waals surface area contributed by atoms with Crippen LogP contribution in [0.15, 0.2) is 30.3 Å². The zero-order chi connectivity index (χ0) is 25.9.